The van der Waals surface area contributed by atoms with Crippen LogP contribution in [0.15, 0.2) is 24.3 Å². The van der Waals surface area contributed by atoms with E-state index in [0.717, 1.165) is 19.4 Å². The van der Waals surface area contributed by atoms with Crippen LogP contribution in [0.2, 0.25) is 0 Å². The van der Waals surface area contributed by atoms with Crippen LogP contribution in [0.25, 0.3) is 0 Å². The Kier molecular flexibility index (Phi) is 3.92. The normalized spacial score (nSPS) is 25.3. The maximum atomic E-state index is 12.3. The van der Waals surface area contributed by atoms with Crippen LogP contribution >= 0.6 is 0 Å². The van der Waals surface area contributed by atoms with E-state index < -0.39 is 5.97 Å². The van der Waals surface area contributed by atoms with Crippen LogP contribution < -0.4 is 5.32 Å². The number of nitrogens with one attached hydrogen (secondary N) is 1. The quantitative estimate of drug-likeness (QED) is 0.889. The van der Waals surface area contributed by atoms with Gasteiger partial charge in [-0.3, -0.25) is 4.79 Å². The summed E-state index contributed by atoms with van der Waals surface area (Å²) in [4.78, 5) is 25.7. The van der Waals surface area contributed by atoms with Gasteiger partial charge in [0.05, 0.1) is 5.56 Å². The number of hydrogen-bond donors (Lipinski definition) is 2. The number of rotatable bonds is 3. The van der Waals surface area contributed by atoms with Crippen LogP contribution in [-0.2, 0) is 0 Å². The first-order valence-electron chi connectivity index (χ1n) is 7.52. The Morgan fingerprint density at radius 2 is 2.00 bits per heavy atom. The molecule has 0 spiro atoms. The van der Waals surface area contributed by atoms with Crippen molar-refractivity contribution in [1.29, 1.82) is 0 Å². The van der Waals surface area contributed by atoms with Crippen molar-refractivity contribution in [1.82, 2.24) is 10.2 Å². The van der Waals surface area contributed by atoms with Gasteiger partial charge in [0.2, 0.25) is 0 Å². The van der Waals surface area contributed by atoms with Crippen molar-refractivity contribution in [2.45, 2.75) is 37.8 Å². The third-order valence-electron chi connectivity index (χ3n) is 4.53. The molecule has 3 rings (SSSR count). The molecule has 0 saturated carbocycles. The molecule has 5 heteroatoms. The minimum absolute atomic E-state index is 0.147. The fourth-order valence-corrected chi connectivity index (χ4v) is 3.42. The summed E-state index contributed by atoms with van der Waals surface area (Å²) >= 11 is 0. The number of aromatic carboxylic acids is 1. The monoisotopic (exact) mass is 288 g/mol. The van der Waals surface area contributed by atoms with Crippen LogP contribution in [0.5, 0.6) is 0 Å². The van der Waals surface area contributed by atoms with E-state index in [1.807, 2.05) is 0 Å². The Morgan fingerprint density at radius 1 is 1.19 bits per heavy atom. The molecule has 5 nitrogen and oxygen atoms in total. The summed E-state index contributed by atoms with van der Waals surface area (Å²) < 4.78 is 0. The third kappa shape index (κ3) is 3.08. The van der Waals surface area contributed by atoms with Gasteiger partial charge in [0.15, 0.2) is 0 Å². The van der Waals surface area contributed by atoms with Gasteiger partial charge in [-0.25, -0.2) is 4.79 Å². The minimum atomic E-state index is -1.01. The number of hydrogen-bond acceptors (Lipinski definition) is 3. The molecule has 1 aromatic carbocycles. The van der Waals surface area contributed by atoms with E-state index in [0.29, 0.717) is 11.6 Å². The van der Waals surface area contributed by atoms with Crippen molar-refractivity contribution in [3.05, 3.63) is 35.4 Å². The molecule has 1 aromatic rings. The highest BCUT2D eigenvalue weighted by Gasteiger charge is 2.32. The van der Waals surface area contributed by atoms with E-state index in [1.165, 1.54) is 31.5 Å². The van der Waals surface area contributed by atoms with Gasteiger partial charge in [-0.15, -0.1) is 0 Å². The summed E-state index contributed by atoms with van der Waals surface area (Å²) in [5.74, 6) is -1.18. The van der Waals surface area contributed by atoms with Crippen molar-refractivity contribution in [2.75, 3.05) is 13.1 Å². The van der Waals surface area contributed by atoms with Crippen molar-refractivity contribution >= 4 is 11.9 Å². The fourth-order valence-electron chi connectivity index (χ4n) is 3.42. The molecule has 2 unspecified atom stereocenters. The van der Waals surface area contributed by atoms with E-state index >= 15 is 0 Å². The molecule has 2 aliphatic heterocycles. The molecule has 0 aromatic heterocycles. The minimum Gasteiger partial charge on any atom is -0.478 e. The van der Waals surface area contributed by atoms with Crippen LogP contribution in [-0.4, -0.2) is 47.1 Å². The summed E-state index contributed by atoms with van der Waals surface area (Å²) in [6.07, 6.45) is 4.46. The molecule has 2 N–H and O–H groups in total. The van der Waals surface area contributed by atoms with Crippen molar-refractivity contribution in [3.8, 4) is 0 Å². The van der Waals surface area contributed by atoms with Gasteiger partial charge in [0.1, 0.15) is 0 Å². The van der Waals surface area contributed by atoms with Crippen LogP contribution in [0.1, 0.15) is 46.4 Å². The van der Waals surface area contributed by atoms with Crippen LogP contribution in [0.4, 0.5) is 0 Å². The molecule has 2 atom stereocenters. The topological polar surface area (TPSA) is 69.6 Å². The fraction of sp³-hybridized carbons (Fsp3) is 0.500. The Balaban J connectivity index is 1.63. The zero-order valence-corrected chi connectivity index (χ0v) is 11.9. The van der Waals surface area contributed by atoms with Crippen molar-refractivity contribution in [3.63, 3.8) is 0 Å². The Morgan fingerprint density at radius 3 is 2.81 bits per heavy atom. The van der Waals surface area contributed by atoms with Crippen LogP contribution in [0.3, 0.4) is 0 Å². The SMILES string of the molecule is O=C(O)c1cccc(C(=O)NC2CCN3CCCC3C2)c1. The number of carbonyl (C=O) groups is 2. The predicted octanol–water partition coefficient (Wildman–Crippen LogP) is 1.74. The maximum absolute atomic E-state index is 12.3. The summed E-state index contributed by atoms with van der Waals surface area (Å²) in [7, 11) is 0. The molecular weight excluding hydrogens is 268 g/mol. The van der Waals surface area contributed by atoms with E-state index in [4.69, 9.17) is 5.11 Å². The largest absolute Gasteiger partial charge is 0.478 e. The van der Waals surface area contributed by atoms with E-state index in [2.05, 4.69) is 10.2 Å². The lowest BCUT2D eigenvalue weighted by Crippen LogP contribution is -2.47. The smallest absolute Gasteiger partial charge is 0.335 e. The molecule has 112 valence electrons. The number of carboxylic acids is 1. The number of amides is 1. The molecule has 0 aliphatic carbocycles. The Bertz CT molecular complexity index is 558. The first kappa shape index (κ1) is 14.1. The number of benzene rings is 1. The van der Waals surface area contributed by atoms with Gasteiger partial charge in [0.25, 0.3) is 5.91 Å². The van der Waals surface area contributed by atoms with Gasteiger partial charge in [0, 0.05) is 24.2 Å². The second kappa shape index (κ2) is 5.85. The zero-order chi connectivity index (χ0) is 14.8. The molecule has 2 heterocycles. The lowest BCUT2D eigenvalue weighted by Gasteiger charge is -2.35. The maximum Gasteiger partial charge on any atom is 0.335 e. The van der Waals surface area contributed by atoms with Crippen molar-refractivity contribution in [2.24, 2.45) is 0 Å². The Hall–Kier alpha value is -1.88. The number of piperidine rings is 1. The molecule has 2 saturated heterocycles. The second-order valence-corrected chi connectivity index (χ2v) is 5.91. The number of carboxylic acid groups (broad SMARTS) is 1. The van der Waals surface area contributed by atoms with Crippen LogP contribution in [0, 0.1) is 0 Å². The lowest BCUT2D eigenvalue weighted by atomic mass is 9.97. The highest BCUT2D eigenvalue weighted by molar-refractivity contribution is 5.97. The third-order valence-corrected chi connectivity index (χ3v) is 4.53. The molecule has 0 bridgehead atoms. The number of carbonyl (C=O) groups excluding carboxylic acids is 1. The summed E-state index contributed by atoms with van der Waals surface area (Å²) in [5, 5.41) is 12.0. The lowest BCUT2D eigenvalue weighted by molar-refractivity contribution is 0.0697. The molecule has 1 amide bonds. The average Bonchev–Trinajstić information content (AvgIpc) is 2.95. The molecule has 21 heavy (non-hydrogen) atoms. The standard InChI is InChI=1S/C16H20N2O3/c19-15(11-3-1-4-12(9-11)16(20)21)17-13-6-8-18-7-2-5-14(18)10-13/h1,3-4,9,13-14H,2,5-8,10H2,(H,17,19)(H,20,21). The summed E-state index contributed by atoms with van der Waals surface area (Å²) in [6, 6.07) is 7.00. The van der Waals surface area contributed by atoms with E-state index in [-0.39, 0.29) is 17.5 Å². The first-order chi connectivity index (χ1) is 10.1. The molecule has 0 radical (unpaired) electrons. The summed E-state index contributed by atoms with van der Waals surface area (Å²) in [5.41, 5.74) is 0.567. The predicted molar refractivity (Wildman–Crippen MR) is 78.5 cm³/mol. The highest BCUT2D eigenvalue weighted by atomic mass is 16.4. The average molecular weight is 288 g/mol. The summed E-state index contributed by atoms with van der Waals surface area (Å²) in [6.45, 7) is 2.23. The van der Waals surface area contributed by atoms with Gasteiger partial charge in [-0.1, -0.05) is 6.07 Å². The highest BCUT2D eigenvalue weighted by Crippen LogP contribution is 2.26. The number of nitrogens with zero attached hydrogens (tertiary/aromatic N) is 1. The van der Waals surface area contributed by atoms with Crippen molar-refractivity contribution < 1.29 is 14.7 Å². The van der Waals surface area contributed by atoms with E-state index in [1.54, 1.807) is 12.1 Å². The molecular formula is C16H20N2O3. The van der Waals surface area contributed by atoms with Gasteiger partial charge in [-0.2, -0.15) is 0 Å². The second-order valence-electron chi connectivity index (χ2n) is 5.91. The Labute approximate surface area is 123 Å². The van der Waals surface area contributed by atoms with Gasteiger partial charge >= 0.3 is 5.97 Å². The first-order valence-corrected chi connectivity index (χ1v) is 7.52. The van der Waals surface area contributed by atoms with E-state index in [9.17, 15) is 9.59 Å². The molecule has 2 fully saturated rings. The molecule has 2 aliphatic rings. The number of fused-ring (bicyclic) bond motifs is 1. The van der Waals surface area contributed by atoms with Gasteiger partial charge < -0.3 is 15.3 Å². The van der Waals surface area contributed by atoms with Gasteiger partial charge in [-0.05, 0) is 50.4 Å². The zero-order valence-electron chi connectivity index (χ0n) is 11.9.